The molecule has 1 aliphatic rings. The number of benzene rings is 1. The predicted molar refractivity (Wildman–Crippen MR) is 66.6 cm³/mol. The van der Waals surface area contributed by atoms with E-state index in [9.17, 15) is 0 Å². The second kappa shape index (κ2) is 4.80. The van der Waals surface area contributed by atoms with E-state index in [1.54, 1.807) is 6.08 Å². The third-order valence-electron chi connectivity index (χ3n) is 2.42. The molecule has 0 amide bonds. The molecule has 1 N–H and O–H groups in total. The molecule has 16 heavy (non-hydrogen) atoms. The molecule has 2 atom stereocenters. The van der Waals surface area contributed by atoms with E-state index in [4.69, 9.17) is 9.84 Å². The lowest BCUT2D eigenvalue weighted by Gasteiger charge is -2.10. The Morgan fingerprint density at radius 2 is 2.12 bits per heavy atom. The molecule has 0 spiro atoms. The van der Waals surface area contributed by atoms with Gasteiger partial charge in [-0.05, 0) is 30.3 Å². The number of hydrogen-bond acceptors (Lipinski definition) is 3. The van der Waals surface area contributed by atoms with Crippen LogP contribution in [0.1, 0.15) is 5.56 Å². The Hall–Kier alpha value is -1.13. The monoisotopic (exact) mass is 281 g/mol. The third-order valence-corrected chi connectivity index (χ3v) is 2.95. The minimum Gasteiger partial charge on any atom is -0.468 e. The average molecular weight is 282 g/mol. The van der Waals surface area contributed by atoms with Gasteiger partial charge in [-0.3, -0.25) is 0 Å². The molecule has 0 fully saturated rings. The van der Waals surface area contributed by atoms with Crippen LogP contribution in [0.2, 0.25) is 0 Å². The third kappa shape index (κ3) is 2.18. The first-order chi connectivity index (χ1) is 7.74. The van der Waals surface area contributed by atoms with Crippen LogP contribution >= 0.6 is 15.9 Å². The second-order valence-electron chi connectivity index (χ2n) is 3.51. The lowest BCUT2D eigenvalue weighted by atomic mass is 10.2. The smallest absolute Gasteiger partial charge is 0.217 e. The van der Waals surface area contributed by atoms with Gasteiger partial charge < -0.3 is 9.84 Å². The maximum absolute atomic E-state index is 9.13. The summed E-state index contributed by atoms with van der Waals surface area (Å²) in [7, 11) is 0. The van der Waals surface area contributed by atoms with Gasteiger partial charge in [0.15, 0.2) is 0 Å². The molecule has 4 heteroatoms. The molecule has 0 unspecified atom stereocenters. The molecule has 1 aromatic rings. The number of rotatable bonds is 3. The van der Waals surface area contributed by atoms with Crippen LogP contribution < -0.4 is 0 Å². The van der Waals surface area contributed by atoms with Gasteiger partial charge in [0.2, 0.25) is 5.90 Å². The van der Waals surface area contributed by atoms with Gasteiger partial charge in [0, 0.05) is 10.0 Å². The summed E-state index contributed by atoms with van der Waals surface area (Å²) < 4.78 is 6.60. The molecule has 0 aromatic heterocycles. The summed E-state index contributed by atoms with van der Waals surface area (Å²) in [6.45, 7) is 3.64. The Balaban J connectivity index is 2.23. The zero-order chi connectivity index (χ0) is 11.5. The number of hydrogen-bond donors (Lipinski definition) is 1. The molecule has 3 nitrogen and oxygen atoms in total. The maximum atomic E-state index is 9.13. The van der Waals surface area contributed by atoms with Crippen molar-refractivity contribution in [2.75, 3.05) is 6.61 Å². The van der Waals surface area contributed by atoms with Crippen LogP contribution in [0.3, 0.4) is 0 Å². The SMILES string of the molecule is C=C[C@@H]1OC(c2ccc(Br)cc2)=N[C@H]1CO. The van der Waals surface area contributed by atoms with Crippen molar-refractivity contribution in [1.82, 2.24) is 0 Å². The van der Waals surface area contributed by atoms with Crippen LogP contribution in [0.15, 0.2) is 46.4 Å². The number of ether oxygens (including phenoxy) is 1. The highest BCUT2D eigenvalue weighted by Crippen LogP contribution is 2.20. The van der Waals surface area contributed by atoms with E-state index in [2.05, 4.69) is 27.5 Å². The van der Waals surface area contributed by atoms with E-state index in [0.29, 0.717) is 5.90 Å². The Bertz CT molecular complexity index is 414. The van der Waals surface area contributed by atoms with Crippen LogP contribution in [0.25, 0.3) is 0 Å². The summed E-state index contributed by atoms with van der Waals surface area (Å²) in [5, 5.41) is 9.13. The largest absolute Gasteiger partial charge is 0.468 e. The van der Waals surface area contributed by atoms with Crippen LogP contribution in [0.4, 0.5) is 0 Å². The highest BCUT2D eigenvalue weighted by Gasteiger charge is 2.28. The summed E-state index contributed by atoms with van der Waals surface area (Å²) in [5.41, 5.74) is 0.908. The Labute approximate surface area is 103 Å². The number of nitrogens with zero attached hydrogens (tertiary/aromatic N) is 1. The predicted octanol–water partition coefficient (Wildman–Crippen LogP) is 2.14. The summed E-state index contributed by atoms with van der Waals surface area (Å²) in [6.07, 6.45) is 1.43. The Kier molecular flexibility index (Phi) is 3.41. The van der Waals surface area contributed by atoms with E-state index in [1.165, 1.54) is 0 Å². The summed E-state index contributed by atoms with van der Waals surface area (Å²) in [5.74, 6) is 0.566. The molecular formula is C12H12BrNO2. The van der Waals surface area contributed by atoms with Gasteiger partial charge in [0.05, 0.1) is 6.61 Å². The first kappa shape index (κ1) is 11.4. The summed E-state index contributed by atoms with van der Waals surface area (Å²) in [6, 6.07) is 7.45. The molecule has 0 radical (unpaired) electrons. The van der Waals surface area contributed by atoms with E-state index in [-0.39, 0.29) is 18.8 Å². The van der Waals surface area contributed by atoms with Crippen LogP contribution in [-0.4, -0.2) is 29.8 Å². The Morgan fingerprint density at radius 1 is 1.44 bits per heavy atom. The van der Waals surface area contributed by atoms with Crippen molar-refractivity contribution >= 4 is 21.8 Å². The molecule has 1 heterocycles. The zero-order valence-corrected chi connectivity index (χ0v) is 10.2. The first-order valence-electron chi connectivity index (χ1n) is 4.98. The quantitative estimate of drug-likeness (QED) is 0.863. The molecule has 1 aromatic carbocycles. The van der Waals surface area contributed by atoms with Crippen molar-refractivity contribution in [3.63, 3.8) is 0 Å². The van der Waals surface area contributed by atoms with Crippen molar-refractivity contribution in [3.05, 3.63) is 47.0 Å². The van der Waals surface area contributed by atoms with Crippen LogP contribution in [0.5, 0.6) is 0 Å². The maximum Gasteiger partial charge on any atom is 0.217 e. The van der Waals surface area contributed by atoms with E-state index in [0.717, 1.165) is 10.0 Å². The van der Waals surface area contributed by atoms with Gasteiger partial charge in [-0.15, -0.1) is 0 Å². The fourth-order valence-electron chi connectivity index (χ4n) is 1.55. The molecular weight excluding hydrogens is 270 g/mol. The Morgan fingerprint density at radius 3 is 2.62 bits per heavy atom. The minimum absolute atomic E-state index is 0.0310. The van der Waals surface area contributed by atoms with E-state index >= 15 is 0 Å². The van der Waals surface area contributed by atoms with E-state index in [1.807, 2.05) is 24.3 Å². The molecule has 0 saturated heterocycles. The molecule has 0 aliphatic carbocycles. The fraction of sp³-hybridized carbons (Fsp3) is 0.250. The van der Waals surface area contributed by atoms with Crippen molar-refractivity contribution < 1.29 is 9.84 Å². The molecule has 84 valence electrons. The molecule has 2 rings (SSSR count). The highest BCUT2D eigenvalue weighted by atomic mass is 79.9. The topological polar surface area (TPSA) is 41.8 Å². The van der Waals surface area contributed by atoms with Crippen LogP contribution in [-0.2, 0) is 4.74 Å². The van der Waals surface area contributed by atoms with Crippen molar-refractivity contribution in [1.29, 1.82) is 0 Å². The normalized spacial score (nSPS) is 23.8. The lowest BCUT2D eigenvalue weighted by molar-refractivity contribution is 0.184. The second-order valence-corrected chi connectivity index (χ2v) is 4.42. The average Bonchev–Trinajstić information content (AvgIpc) is 2.73. The van der Waals surface area contributed by atoms with Crippen molar-refractivity contribution in [2.45, 2.75) is 12.1 Å². The zero-order valence-electron chi connectivity index (χ0n) is 8.64. The number of aliphatic hydroxyl groups is 1. The number of aliphatic hydroxyl groups excluding tert-OH is 1. The van der Waals surface area contributed by atoms with Crippen LogP contribution in [0, 0.1) is 0 Å². The number of halogens is 1. The van der Waals surface area contributed by atoms with Gasteiger partial charge in [-0.1, -0.05) is 22.5 Å². The molecule has 1 aliphatic heterocycles. The number of aliphatic imine (C=N–C) groups is 1. The van der Waals surface area contributed by atoms with Crippen molar-refractivity contribution in [3.8, 4) is 0 Å². The van der Waals surface area contributed by atoms with Gasteiger partial charge in [-0.2, -0.15) is 0 Å². The van der Waals surface area contributed by atoms with Crippen molar-refractivity contribution in [2.24, 2.45) is 4.99 Å². The lowest BCUT2D eigenvalue weighted by Crippen LogP contribution is -2.23. The molecule has 0 saturated carbocycles. The van der Waals surface area contributed by atoms with Gasteiger partial charge >= 0.3 is 0 Å². The van der Waals surface area contributed by atoms with Gasteiger partial charge in [0.25, 0.3) is 0 Å². The fourth-order valence-corrected chi connectivity index (χ4v) is 1.81. The van der Waals surface area contributed by atoms with Gasteiger partial charge in [0.1, 0.15) is 12.1 Å². The summed E-state index contributed by atoms with van der Waals surface area (Å²) >= 11 is 3.37. The van der Waals surface area contributed by atoms with Gasteiger partial charge in [-0.25, -0.2) is 4.99 Å². The minimum atomic E-state index is -0.240. The summed E-state index contributed by atoms with van der Waals surface area (Å²) in [4.78, 5) is 4.32. The highest BCUT2D eigenvalue weighted by molar-refractivity contribution is 9.10. The first-order valence-corrected chi connectivity index (χ1v) is 5.77. The molecule has 0 bridgehead atoms. The van der Waals surface area contributed by atoms with E-state index < -0.39 is 0 Å². The standard InChI is InChI=1S/C12H12BrNO2/c1-2-11-10(7-15)14-12(16-11)8-3-5-9(13)6-4-8/h2-6,10-11,15H,1,7H2/t10-,11-/m0/s1.